The average molecular weight is 300 g/mol. The molecule has 0 spiro atoms. The van der Waals surface area contributed by atoms with Gasteiger partial charge in [-0.3, -0.25) is 9.80 Å². The number of ether oxygens (including phenoxy) is 1. The van der Waals surface area contributed by atoms with E-state index in [4.69, 9.17) is 4.74 Å². The molecule has 0 aliphatic carbocycles. The maximum atomic E-state index is 9.38. The zero-order chi connectivity index (χ0) is 14.9. The molecule has 2 saturated heterocycles. The van der Waals surface area contributed by atoms with Gasteiger partial charge in [0.1, 0.15) is 0 Å². The first kappa shape index (κ1) is 17.2. The molecule has 5 heteroatoms. The van der Waals surface area contributed by atoms with Crippen LogP contribution in [0.1, 0.15) is 38.5 Å². The number of hydrogen-bond acceptors (Lipinski definition) is 5. The maximum absolute atomic E-state index is 9.38. The minimum absolute atomic E-state index is 0.270. The predicted molar refractivity (Wildman–Crippen MR) is 83.4 cm³/mol. The third kappa shape index (κ3) is 5.49. The Morgan fingerprint density at radius 3 is 1.67 bits per heavy atom. The van der Waals surface area contributed by atoms with Gasteiger partial charge in [0.2, 0.25) is 0 Å². The van der Waals surface area contributed by atoms with Crippen LogP contribution in [0.15, 0.2) is 0 Å². The third-order valence-electron chi connectivity index (χ3n) is 4.97. The molecule has 2 heterocycles. The molecular weight excluding hydrogens is 268 g/mol. The standard InChI is InChI=1S/C16H32N2O3/c19-13-15-5-1-3-7-17(15)9-11-21-12-10-18-8-4-2-6-16(18)14-20/h15-16,19-20H,1-14H2/t15-,16-/m1/s1. The summed E-state index contributed by atoms with van der Waals surface area (Å²) in [5, 5.41) is 18.8. The van der Waals surface area contributed by atoms with Crippen LogP contribution in [0.4, 0.5) is 0 Å². The highest BCUT2D eigenvalue weighted by Crippen LogP contribution is 2.17. The van der Waals surface area contributed by atoms with Gasteiger partial charge in [0.05, 0.1) is 26.4 Å². The normalized spacial score (nSPS) is 28.9. The van der Waals surface area contributed by atoms with E-state index in [1.54, 1.807) is 0 Å². The van der Waals surface area contributed by atoms with Gasteiger partial charge in [0, 0.05) is 25.2 Å². The minimum atomic E-state index is 0.270. The molecule has 2 atom stereocenters. The molecule has 21 heavy (non-hydrogen) atoms. The Morgan fingerprint density at radius 2 is 1.24 bits per heavy atom. The number of hydrogen-bond donors (Lipinski definition) is 2. The number of piperidine rings is 2. The molecule has 0 saturated carbocycles. The van der Waals surface area contributed by atoms with Crippen molar-refractivity contribution in [2.24, 2.45) is 0 Å². The Labute approximate surface area is 128 Å². The van der Waals surface area contributed by atoms with Gasteiger partial charge in [-0.15, -0.1) is 0 Å². The second kappa shape index (κ2) is 9.74. The van der Waals surface area contributed by atoms with Crippen molar-refractivity contribution in [2.75, 3.05) is 52.6 Å². The first-order valence-corrected chi connectivity index (χ1v) is 8.62. The van der Waals surface area contributed by atoms with E-state index >= 15 is 0 Å². The fourth-order valence-electron chi connectivity index (χ4n) is 3.59. The second-order valence-electron chi connectivity index (χ2n) is 6.35. The molecule has 0 aromatic rings. The summed E-state index contributed by atoms with van der Waals surface area (Å²) in [4.78, 5) is 4.72. The van der Waals surface area contributed by atoms with E-state index in [-0.39, 0.29) is 13.2 Å². The lowest BCUT2D eigenvalue weighted by Gasteiger charge is -2.35. The SMILES string of the molecule is OC[C@H]1CCCCN1CCOCCN1CCCC[C@@H]1CO. The number of likely N-dealkylation sites (tertiary alicyclic amines) is 2. The molecular formula is C16H32N2O3. The monoisotopic (exact) mass is 300 g/mol. The molecule has 5 nitrogen and oxygen atoms in total. The van der Waals surface area contributed by atoms with E-state index in [0.29, 0.717) is 12.1 Å². The van der Waals surface area contributed by atoms with Crippen molar-refractivity contribution < 1.29 is 14.9 Å². The van der Waals surface area contributed by atoms with Crippen LogP contribution in [0, 0.1) is 0 Å². The molecule has 0 unspecified atom stereocenters. The van der Waals surface area contributed by atoms with Crippen LogP contribution in [0.5, 0.6) is 0 Å². The highest BCUT2D eigenvalue weighted by atomic mass is 16.5. The van der Waals surface area contributed by atoms with Crippen molar-refractivity contribution in [3.8, 4) is 0 Å². The van der Waals surface area contributed by atoms with Gasteiger partial charge in [0.25, 0.3) is 0 Å². The molecule has 0 bridgehead atoms. The molecule has 0 radical (unpaired) electrons. The number of aliphatic hydroxyl groups is 2. The maximum Gasteiger partial charge on any atom is 0.0594 e. The Bertz CT molecular complexity index is 252. The zero-order valence-corrected chi connectivity index (χ0v) is 13.3. The van der Waals surface area contributed by atoms with Crippen molar-refractivity contribution in [1.29, 1.82) is 0 Å². The highest BCUT2D eigenvalue weighted by molar-refractivity contribution is 4.77. The fraction of sp³-hybridized carbons (Fsp3) is 1.00. The van der Waals surface area contributed by atoms with Gasteiger partial charge in [-0.25, -0.2) is 0 Å². The molecule has 0 amide bonds. The summed E-state index contributed by atoms with van der Waals surface area (Å²) in [7, 11) is 0. The lowest BCUT2D eigenvalue weighted by molar-refractivity contribution is 0.0261. The zero-order valence-electron chi connectivity index (χ0n) is 13.3. The second-order valence-corrected chi connectivity index (χ2v) is 6.35. The van der Waals surface area contributed by atoms with Gasteiger partial charge < -0.3 is 14.9 Å². The van der Waals surface area contributed by atoms with Crippen molar-refractivity contribution in [3.63, 3.8) is 0 Å². The lowest BCUT2D eigenvalue weighted by atomic mass is 10.0. The van der Waals surface area contributed by atoms with Crippen molar-refractivity contribution in [2.45, 2.75) is 50.6 Å². The minimum Gasteiger partial charge on any atom is -0.395 e. The van der Waals surface area contributed by atoms with E-state index in [0.717, 1.165) is 52.2 Å². The van der Waals surface area contributed by atoms with Crippen LogP contribution < -0.4 is 0 Å². The molecule has 2 aliphatic heterocycles. The van der Waals surface area contributed by atoms with E-state index in [1.165, 1.54) is 25.7 Å². The largest absolute Gasteiger partial charge is 0.395 e. The summed E-state index contributed by atoms with van der Waals surface area (Å²) in [6, 6.07) is 0.673. The smallest absolute Gasteiger partial charge is 0.0594 e. The molecule has 0 aromatic carbocycles. The third-order valence-corrected chi connectivity index (χ3v) is 4.97. The predicted octanol–water partition coefficient (Wildman–Crippen LogP) is 0.697. The van der Waals surface area contributed by atoms with Gasteiger partial charge in [-0.05, 0) is 38.8 Å². The van der Waals surface area contributed by atoms with E-state index in [1.807, 2.05) is 0 Å². The summed E-state index contributed by atoms with van der Waals surface area (Å²) in [5.41, 5.74) is 0. The van der Waals surface area contributed by atoms with Gasteiger partial charge >= 0.3 is 0 Å². The average Bonchev–Trinajstić information content (AvgIpc) is 2.55. The lowest BCUT2D eigenvalue weighted by Crippen LogP contribution is -2.44. The molecule has 2 rings (SSSR count). The Kier molecular flexibility index (Phi) is 7.96. The van der Waals surface area contributed by atoms with Crippen LogP contribution in [-0.2, 0) is 4.74 Å². The summed E-state index contributed by atoms with van der Waals surface area (Å²) in [5.74, 6) is 0. The van der Waals surface area contributed by atoms with Gasteiger partial charge in [-0.2, -0.15) is 0 Å². The Balaban J connectivity index is 1.56. The summed E-state index contributed by atoms with van der Waals surface area (Å²) >= 11 is 0. The molecule has 2 fully saturated rings. The van der Waals surface area contributed by atoms with E-state index in [9.17, 15) is 10.2 Å². The Hall–Kier alpha value is -0.200. The van der Waals surface area contributed by atoms with Gasteiger partial charge in [-0.1, -0.05) is 12.8 Å². The number of nitrogens with zero attached hydrogens (tertiary/aromatic N) is 2. The van der Waals surface area contributed by atoms with Gasteiger partial charge in [0.15, 0.2) is 0 Å². The Morgan fingerprint density at radius 1 is 0.762 bits per heavy atom. The topological polar surface area (TPSA) is 56.2 Å². The number of rotatable bonds is 8. The van der Waals surface area contributed by atoms with E-state index < -0.39 is 0 Å². The van der Waals surface area contributed by atoms with Crippen LogP contribution in [0.3, 0.4) is 0 Å². The summed E-state index contributed by atoms with van der Waals surface area (Å²) in [6.45, 7) is 6.06. The van der Waals surface area contributed by atoms with Crippen molar-refractivity contribution in [3.05, 3.63) is 0 Å². The van der Waals surface area contributed by atoms with Crippen molar-refractivity contribution >= 4 is 0 Å². The molecule has 0 aromatic heterocycles. The highest BCUT2D eigenvalue weighted by Gasteiger charge is 2.22. The first-order valence-electron chi connectivity index (χ1n) is 8.62. The first-order chi connectivity index (χ1) is 10.3. The van der Waals surface area contributed by atoms with Crippen LogP contribution in [-0.4, -0.2) is 84.7 Å². The molecule has 2 aliphatic rings. The number of aliphatic hydroxyl groups excluding tert-OH is 2. The van der Waals surface area contributed by atoms with Crippen LogP contribution >= 0.6 is 0 Å². The fourth-order valence-corrected chi connectivity index (χ4v) is 3.59. The summed E-state index contributed by atoms with van der Waals surface area (Å²) in [6.07, 6.45) is 7.18. The quantitative estimate of drug-likeness (QED) is 0.646. The van der Waals surface area contributed by atoms with E-state index in [2.05, 4.69) is 9.80 Å². The van der Waals surface area contributed by atoms with Crippen LogP contribution in [0.2, 0.25) is 0 Å². The van der Waals surface area contributed by atoms with Crippen LogP contribution in [0.25, 0.3) is 0 Å². The molecule has 2 N–H and O–H groups in total. The van der Waals surface area contributed by atoms with Crippen molar-refractivity contribution in [1.82, 2.24) is 9.80 Å². The summed E-state index contributed by atoms with van der Waals surface area (Å²) < 4.78 is 5.78. The molecule has 124 valence electrons.